The monoisotopic (exact) mass is 218 g/mol. The third kappa shape index (κ3) is 2.30. The van der Waals surface area contributed by atoms with Crippen LogP contribution in [-0.2, 0) is 14.9 Å². The van der Waals surface area contributed by atoms with Crippen LogP contribution >= 0.6 is 0 Å². The second kappa shape index (κ2) is 3.93. The summed E-state index contributed by atoms with van der Waals surface area (Å²) in [6, 6.07) is 0. The van der Waals surface area contributed by atoms with E-state index in [4.69, 9.17) is 0 Å². The van der Waals surface area contributed by atoms with E-state index in [2.05, 4.69) is 0 Å². The Kier molecular flexibility index (Phi) is 4.08. The van der Waals surface area contributed by atoms with E-state index in [0.717, 1.165) is 6.92 Å². The molecule has 0 spiro atoms. The molecule has 1 amide bonds. The van der Waals surface area contributed by atoms with Crippen LogP contribution in [-0.4, -0.2) is 40.6 Å². The van der Waals surface area contributed by atoms with E-state index >= 15 is 0 Å². The van der Waals surface area contributed by atoms with Crippen LogP contribution in [0.2, 0.25) is 0 Å². The van der Waals surface area contributed by atoms with E-state index in [-0.39, 0.29) is 42.5 Å². The molecule has 2 unspecified atom stereocenters. The molecule has 6 nitrogen and oxygen atoms in total. The fourth-order valence-electron chi connectivity index (χ4n) is 1.20. The standard InChI is InChI=1S/C5H9NO5S.Na/c1-4(7)6(8)3-2-5(6)12(9,10)11;/h5,8H,2-3H2,1H3;/q;+1. The summed E-state index contributed by atoms with van der Waals surface area (Å²) in [7, 11) is -4.57. The Labute approximate surface area is 98.1 Å². The van der Waals surface area contributed by atoms with Gasteiger partial charge in [-0.3, -0.25) is 0 Å². The molecule has 13 heavy (non-hydrogen) atoms. The minimum Gasteiger partial charge on any atom is -0.743 e. The Morgan fingerprint density at radius 1 is 1.62 bits per heavy atom. The van der Waals surface area contributed by atoms with Crippen molar-refractivity contribution < 1.29 is 57.2 Å². The van der Waals surface area contributed by atoms with Crippen molar-refractivity contribution in [2.45, 2.75) is 18.7 Å². The number of amides is 1. The summed E-state index contributed by atoms with van der Waals surface area (Å²) in [5.41, 5.74) is 0. The number of likely N-dealkylation sites (tertiary alicyclic amines) is 1. The number of hydrogen-bond donors (Lipinski definition) is 1. The van der Waals surface area contributed by atoms with Gasteiger partial charge in [0.25, 0.3) is 0 Å². The van der Waals surface area contributed by atoms with Gasteiger partial charge in [0.1, 0.15) is 6.54 Å². The summed E-state index contributed by atoms with van der Waals surface area (Å²) in [6.07, 6.45) is 0.0436. The van der Waals surface area contributed by atoms with Crippen LogP contribution in [0.3, 0.4) is 0 Å². The van der Waals surface area contributed by atoms with Crippen LogP contribution in [0.5, 0.6) is 0 Å². The predicted molar refractivity (Wildman–Crippen MR) is 35.7 cm³/mol. The van der Waals surface area contributed by atoms with Crippen LogP contribution in [0.25, 0.3) is 0 Å². The van der Waals surface area contributed by atoms with Gasteiger partial charge in [-0.25, -0.2) is 18.4 Å². The Hall–Kier alpha value is 0.500. The van der Waals surface area contributed by atoms with Gasteiger partial charge in [-0.15, -0.1) is 4.65 Å². The SMILES string of the molecule is CC(=O)[N+]1(O)CCC1S(=O)(=O)[O-].[Na+]. The average Bonchev–Trinajstić information content (AvgIpc) is 1.79. The molecule has 1 saturated heterocycles. The maximum absolute atomic E-state index is 10.7. The molecule has 70 valence electrons. The Morgan fingerprint density at radius 3 is 2.15 bits per heavy atom. The van der Waals surface area contributed by atoms with Crippen LogP contribution in [0.15, 0.2) is 0 Å². The van der Waals surface area contributed by atoms with Crippen molar-refractivity contribution in [3.8, 4) is 0 Å². The molecule has 1 N–H and O–H groups in total. The number of carbonyl (C=O) groups is 1. The van der Waals surface area contributed by atoms with Crippen LogP contribution in [0.1, 0.15) is 13.3 Å². The molecule has 0 aromatic carbocycles. The third-order valence-electron chi connectivity index (χ3n) is 2.07. The molecule has 1 aliphatic heterocycles. The first kappa shape index (κ1) is 13.5. The van der Waals surface area contributed by atoms with E-state index in [1.54, 1.807) is 0 Å². The zero-order valence-electron chi connectivity index (χ0n) is 7.43. The molecule has 1 heterocycles. The van der Waals surface area contributed by atoms with Gasteiger partial charge in [0.05, 0.1) is 13.3 Å². The summed E-state index contributed by atoms with van der Waals surface area (Å²) < 4.78 is 30.1. The number of hydrogen-bond acceptors (Lipinski definition) is 5. The van der Waals surface area contributed by atoms with Crippen LogP contribution < -0.4 is 29.6 Å². The second-order valence-corrected chi connectivity index (χ2v) is 4.34. The Balaban J connectivity index is 0.00000144. The first-order valence-corrected chi connectivity index (χ1v) is 4.82. The van der Waals surface area contributed by atoms with Gasteiger partial charge in [0.2, 0.25) is 5.37 Å². The Morgan fingerprint density at radius 2 is 2.08 bits per heavy atom. The van der Waals surface area contributed by atoms with Gasteiger partial charge in [-0.2, -0.15) is 0 Å². The second-order valence-electron chi connectivity index (χ2n) is 2.81. The quantitative estimate of drug-likeness (QED) is 0.209. The molecular weight excluding hydrogens is 209 g/mol. The molecule has 1 aliphatic rings. The zero-order valence-corrected chi connectivity index (χ0v) is 10.2. The zero-order chi connectivity index (χ0) is 9.57. The van der Waals surface area contributed by atoms with Gasteiger partial charge in [0, 0.05) is 0 Å². The first-order chi connectivity index (χ1) is 5.28. The normalized spacial score (nSPS) is 33.0. The maximum atomic E-state index is 10.7. The van der Waals surface area contributed by atoms with Gasteiger partial charge < -0.3 is 4.55 Å². The Bertz CT molecular complexity index is 315. The number of hydroxylamine groups is 3. The van der Waals surface area contributed by atoms with Crippen LogP contribution in [0, 0.1) is 0 Å². The van der Waals surface area contributed by atoms with Crippen molar-refractivity contribution in [2.75, 3.05) is 6.54 Å². The van der Waals surface area contributed by atoms with Crippen molar-refractivity contribution in [1.29, 1.82) is 0 Å². The molecule has 0 aromatic rings. The van der Waals surface area contributed by atoms with Gasteiger partial charge >= 0.3 is 35.5 Å². The molecule has 0 aromatic heterocycles. The summed E-state index contributed by atoms with van der Waals surface area (Å²) in [5.74, 6) is -0.717. The van der Waals surface area contributed by atoms with E-state index in [1.807, 2.05) is 0 Å². The first-order valence-electron chi connectivity index (χ1n) is 3.35. The van der Waals surface area contributed by atoms with E-state index in [9.17, 15) is 23.0 Å². The molecule has 0 aliphatic carbocycles. The minimum atomic E-state index is -4.57. The van der Waals surface area contributed by atoms with Crippen molar-refractivity contribution in [3.05, 3.63) is 0 Å². The molecule has 0 bridgehead atoms. The molecule has 1 fully saturated rings. The maximum Gasteiger partial charge on any atom is 1.00 e. The number of nitrogens with zero attached hydrogens (tertiary/aromatic N) is 1. The van der Waals surface area contributed by atoms with Crippen molar-refractivity contribution >= 4 is 16.0 Å². The van der Waals surface area contributed by atoms with Gasteiger partial charge in [-0.1, -0.05) is 0 Å². The summed E-state index contributed by atoms with van der Waals surface area (Å²) in [6.45, 7) is 1.05. The largest absolute Gasteiger partial charge is 1.00 e. The molecule has 2 atom stereocenters. The molecule has 0 saturated carbocycles. The summed E-state index contributed by atoms with van der Waals surface area (Å²) in [5, 5.41) is 7.79. The minimum absolute atomic E-state index is 0. The van der Waals surface area contributed by atoms with Crippen molar-refractivity contribution in [2.24, 2.45) is 0 Å². The van der Waals surface area contributed by atoms with E-state index < -0.39 is 26.0 Å². The molecular formula is C5H9NNaO5S+. The summed E-state index contributed by atoms with van der Waals surface area (Å²) in [4.78, 5) is 10.7. The third-order valence-corrected chi connectivity index (χ3v) is 3.32. The van der Waals surface area contributed by atoms with E-state index in [1.165, 1.54) is 0 Å². The number of quaternary nitrogens is 1. The predicted octanol–water partition coefficient (Wildman–Crippen LogP) is -3.98. The number of carbonyl (C=O) groups excluding carboxylic acids is 1. The summed E-state index contributed by atoms with van der Waals surface area (Å²) >= 11 is 0. The van der Waals surface area contributed by atoms with Crippen molar-refractivity contribution in [1.82, 2.24) is 0 Å². The topological polar surface area (TPSA) is 94.5 Å². The fraction of sp³-hybridized carbons (Fsp3) is 0.800. The van der Waals surface area contributed by atoms with Crippen LogP contribution in [0.4, 0.5) is 0 Å². The number of rotatable bonds is 1. The van der Waals surface area contributed by atoms with Crippen molar-refractivity contribution in [3.63, 3.8) is 0 Å². The van der Waals surface area contributed by atoms with Gasteiger partial charge in [-0.05, 0) is 0 Å². The smallest absolute Gasteiger partial charge is 0.743 e. The molecule has 1 rings (SSSR count). The average molecular weight is 218 g/mol. The molecule has 8 heteroatoms. The fourth-order valence-corrected chi connectivity index (χ4v) is 2.27. The molecule has 0 radical (unpaired) electrons. The van der Waals surface area contributed by atoms with Gasteiger partial charge in [0.15, 0.2) is 10.1 Å². The van der Waals surface area contributed by atoms with E-state index in [0.29, 0.717) is 0 Å².